The summed E-state index contributed by atoms with van der Waals surface area (Å²) >= 11 is 3.06. The van der Waals surface area contributed by atoms with Gasteiger partial charge in [0.05, 0.1) is 4.90 Å². The van der Waals surface area contributed by atoms with Crippen LogP contribution in [0.4, 0.5) is 5.69 Å². The molecule has 158 valence electrons. The molecule has 2 aromatic heterocycles. The number of aryl methyl sites for hydroxylation is 1. The molecule has 30 heavy (non-hydrogen) atoms. The molecule has 1 aromatic carbocycles. The van der Waals surface area contributed by atoms with Gasteiger partial charge in [0.25, 0.3) is 5.91 Å². The van der Waals surface area contributed by atoms with E-state index in [1.54, 1.807) is 39.8 Å². The third kappa shape index (κ3) is 3.82. The molecule has 3 heterocycles. The number of amides is 1. The summed E-state index contributed by atoms with van der Waals surface area (Å²) in [5.41, 5.74) is 3.11. The normalized spacial score (nSPS) is 14.2. The van der Waals surface area contributed by atoms with Crippen LogP contribution in [0.3, 0.4) is 0 Å². The van der Waals surface area contributed by atoms with Crippen LogP contribution in [-0.4, -0.2) is 43.2 Å². The van der Waals surface area contributed by atoms with E-state index in [4.69, 9.17) is 0 Å². The van der Waals surface area contributed by atoms with Gasteiger partial charge in [0.1, 0.15) is 10.7 Å². The van der Waals surface area contributed by atoms with Crippen molar-refractivity contribution in [1.82, 2.24) is 9.29 Å². The Morgan fingerprint density at radius 3 is 2.70 bits per heavy atom. The number of thiazole rings is 1. The Morgan fingerprint density at radius 2 is 2.00 bits per heavy atom. The maximum absolute atomic E-state index is 13.2. The molecule has 0 bridgehead atoms. The number of thiophene rings is 1. The first-order valence-corrected chi connectivity index (χ1v) is 13.1. The summed E-state index contributed by atoms with van der Waals surface area (Å²) in [4.78, 5) is 19.7. The zero-order chi connectivity index (χ0) is 21.3. The van der Waals surface area contributed by atoms with E-state index in [1.807, 2.05) is 30.7 Å². The minimum atomic E-state index is -3.53. The van der Waals surface area contributed by atoms with Crippen LogP contribution in [0.15, 0.2) is 45.3 Å². The number of hydrogen-bond donors (Lipinski definition) is 0. The number of benzene rings is 1. The second kappa shape index (κ2) is 8.58. The highest BCUT2D eigenvalue weighted by molar-refractivity contribution is 7.89. The van der Waals surface area contributed by atoms with Gasteiger partial charge in [-0.05, 0) is 48.1 Å². The van der Waals surface area contributed by atoms with E-state index in [2.05, 4.69) is 4.98 Å². The number of aromatic nitrogens is 1. The third-order valence-corrected chi connectivity index (χ3v) is 8.87. The van der Waals surface area contributed by atoms with Crippen molar-refractivity contribution >= 4 is 44.3 Å². The van der Waals surface area contributed by atoms with Crippen molar-refractivity contribution in [3.63, 3.8) is 0 Å². The van der Waals surface area contributed by atoms with Crippen molar-refractivity contribution in [2.24, 2.45) is 0 Å². The first-order valence-electron chi connectivity index (χ1n) is 9.88. The Morgan fingerprint density at radius 1 is 1.20 bits per heavy atom. The monoisotopic (exact) mass is 461 g/mol. The lowest BCUT2D eigenvalue weighted by molar-refractivity contribution is 0.0981. The Labute approximate surface area is 184 Å². The average Bonchev–Trinajstić information content (AvgIpc) is 3.45. The zero-order valence-electron chi connectivity index (χ0n) is 16.9. The van der Waals surface area contributed by atoms with Gasteiger partial charge in [0, 0.05) is 41.6 Å². The minimum absolute atomic E-state index is 0.145. The number of anilines is 1. The lowest BCUT2D eigenvalue weighted by Gasteiger charge is -2.29. The molecule has 0 fully saturated rings. The molecule has 1 aliphatic rings. The van der Waals surface area contributed by atoms with Gasteiger partial charge in [0.2, 0.25) is 10.0 Å². The summed E-state index contributed by atoms with van der Waals surface area (Å²) in [5, 5.41) is 6.63. The molecule has 1 amide bonds. The Balaban J connectivity index is 1.64. The Hall–Kier alpha value is -2.07. The van der Waals surface area contributed by atoms with E-state index in [-0.39, 0.29) is 10.8 Å². The smallest absolute Gasteiger partial charge is 0.277 e. The van der Waals surface area contributed by atoms with Gasteiger partial charge < -0.3 is 4.90 Å². The van der Waals surface area contributed by atoms with Gasteiger partial charge >= 0.3 is 0 Å². The first kappa shape index (κ1) is 21.2. The lowest BCUT2D eigenvalue weighted by atomic mass is 10.0. The quantitative estimate of drug-likeness (QED) is 0.542. The molecule has 3 aromatic rings. The number of fused-ring (bicyclic) bond motifs is 1. The fourth-order valence-electron chi connectivity index (χ4n) is 3.69. The second-order valence-corrected chi connectivity index (χ2v) is 10.6. The molecule has 1 aliphatic heterocycles. The average molecular weight is 462 g/mol. The zero-order valence-corrected chi connectivity index (χ0v) is 19.3. The molecule has 0 N–H and O–H groups in total. The molecule has 0 unspecified atom stereocenters. The maximum Gasteiger partial charge on any atom is 0.277 e. The molecule has 0 saturated carbocycles. The number of nitrogens with zero attached hydrogens (tertiary/aromatic N) is 3. The molecule has 4 rings (SSSR count). The molecule has 0 saturated heterocycles. The highest BCUT2D eigenvalue weighted by Gasteiger charge is 2.28. The number of sulfonamides is 1. The van der Waals surface area contributed by atoms with Crippen LogP contribution in [0.2, 0.25) is 0 Å². The molecule has 0 atom stereocenters. The second-order valence-electron chi connectivity index (χ2n) is 6.99. The summed E-state index contributed by atoms with van der Waals surface area (Å²) in [7, 11) is -3.53. The van der Waals surface area contributed by atoms with E-state index in [1.165, 1.54) is 15.6 Å². The van der Waals surface area contributed by atoms with E-state index in [9.17, 15) is 13.2 Å². The minimum Gasteiger partial charge on any atom is -0.307 e. The van der Waals surface area contributed by atoms with Crippen molar-refractivity contribution in [3.05, 3.63) is 51.7 Å². The number of carbonyl (C=O) groups excluding carboxylic acids is 1. The topological polar surface area (TPSA) is 70.6 Å². The van der Waals surface area contributed by atoms with E-state index in [0.29, 0.717) is 25.3 Å². The highest BCUT2D eigenvalue weighted by Crippen LogP contribution is 2.32. The summed E-state index contributed by atoms with van der Waals surface area (Å²) in [6.07, 6.45) is 1.53. The highest BCUT2D eigenvalue weighted by atomic mass is 32.2. The van der Waals surface area contributed by atoms with Crippen LogP contribution >= 0.6 is 22.7 Å². The first-order chi connectivity index (χ1) is 14.5. The molecule has 0 aliphatic carbocycles. The summed E-state index contributed by atoms with van der Waals surface area (Å²) in [6.45, 7) is 5.11. The summed E-state index contributed by atoms with van der Waals surface area (Å²) in [6, 6.07) is 7.08. The molecule has 9 heteroatoms. The van der Waals surface area contributed by atoms with Crippen LogP contribution < -0.4 is 4.90 Å². The number of rotatable bonds is 6. The van der Waals surface area contributed by atoms with Gasteiger partial charge in [-0.15, -0.1) is 11.3 Å². The van der Waals surface area contributed by atoms with Crippen LogP contribution in [0.25, 0.3) is 10.6 Å². The lowest BCUT2D eigenvalue weighted by Crippen LogP contribution is -2.36. The number of carbonyl (C=O) groups is 1. The largest absolute Gasteiger partial charge is 0.307 e. The van der Waals surface area contributed by atoms with Crippen molar-refractivity contribution < 1.29 is 13.2 Å². The maximum atomic E-state index is 13.2. The molecule has 6 nitrogen and oxygen atoms in total. The molecular weight excluding hydrogens is 438 g/mol. The van der Waals surface area contributed by atoms with Crippen molar-refractivity contribution in [2.45, 2.75) is 31.6 Å². The van der Waals surface area contributed by atoms with Crippen molar-refractivity contribution in [3.8, 4) is 10.6 Å². The van der Waals surface area contributed by atoms with Gasteiger partial charge in [-0.25, -0.2) is 13.4 Å². The Kier molecular flexibility index (Phi) is 6.06. The van der Waals surface area contributed by atoms with Gasteiger partial charge in [-0.2, -0.15) is 15.6 Å². The van der Waals surface area contributed by atoms with Gasteiger partial charge in [0.15, 0.2) is 0 Å². The third-order valence-electron chi connectivity index (χ3n) is 5.25. The van der Waals surface area contributed by atoms with Crippen molar-refractivity contribution in [1.29, 1.82) is 0 Å². The predicted molar refractivity (Wildman–Crippen MR) is 122 cm³/mol. The van der Waals surface area contributed by atoms with E-state index >= 15 is 0 Å². The summed E-state index contributed by atoms with van der Waals surface area (Å²) in [5.74, 6) is -0.145. The van der Waals surface area contributed by atoms with Crippen LogP contribution in [0, 0.1) is 0 Å². The summed E-state index contributed by atoms with van der Waals surface area (Å²) < 4.78 is 27.2. The van der Waals surface area contributed by atoms with Gasteiger partial charge in [-0.3, -0.25) is 4.79 Å². The van der Waals surface area contributed by atoms with Crippen molar-refractivity contribution in [2.75, 3.05) is 24.5 Å². The molecule has 0 spiro atoms. The van der Waals surface area contributed by atoms with E-state index < -0.39 is 10.0 Å². The van der Waals surface area contributed by atoms with E-state index in [0.717, 1.165) is 34.7 Å². The fourth-order valence-corrected chi connectivity index (χ4v) is 6.70. The van der Waals surface area contributed by atoms with Crippen LogP contribution in [0.1, 0.15) is 36.3 Å². The van der Waals surface area contributed by atoms with Gasteiger partial charge in [-0.1, -0.05) is 13.8 Å². The molecule has 0 radical (unpaired) electrons. The fraction of sp³-hybridized carbons (Fsp3) is 0.333. The van der Waals surface area contributed by atoms with Crippen LogP contribution in [0.5, 0.6) is 0 Å². The predicted octanol–water partition coefficient (Wildman–Crippen LogP) is 4.50. The SMILES string of the molecule is CCN(CC)S(=O)(=O)c1ccc2c(c1)CCCN2C(=O)c1csc(-c2ccsc2)n1. The standard InChI is InChI=1S/C21H23N3O3S3/c1-3-23(4-2)30(26,27)17-7-8-19-15(12-17)6-5-10-24(19)21(25)18-14-29-20(22-18)16-9-11-28-13-16/h7-9,11-14H,3-6,10H2,1-2H3. The number of hydrogen-bond acceptors (Lipinski definition) is 6. The molecular formula is C21H23N3O3S3. The van der Waals surface area contributed by atoms with Crippen LogP contribution in [-0.2, 0) is 16.4 Å². The Bertz CT molecular complexity index is 1150.